The van der Waals surface area contributed by atoms with Gasteiger partial charge in [0.15, 0.2) is 0 Å². The molecule has 0 spiro atoms. The lowest BCUT2D eigenvalue weighted by atomic mass is 10.3. The average molecular weight is 247 g/mol. The monoisotopic (exact) mass is 247 g/mol. The Balaban J connectivity index is 3.60. The molecule has 0 aliphatic rings. The van der Waals surface area contributed by atoms with Gasteiger partial charge in [-0.1, -0.05) is 0 Å². The molecule has 0 rings (SSSR count). The largest absolute Gasteiger partial charge is 0.481 e. The third kappa shape index (κ3) is 9.97. The Morgan fingerprint density at radius 1 is 1.18 bits per heavy atom. The second-order valence-electron chi connectivity index (χ2n) is 2.87. The maximum Gasteiger partial charge on any atom is 0.404 e. The van der Waals surface area contributed by atoms with Gasteiger partial charge >= 0.3 is 18.1 Å². The predicted molar refractivity (Wildman–Crippen MR) is 53.9 cm³/mol. The van der Waals surface area contributed by atoms with Crippen LogP contribution in [0, 0.1) is 0 Å². The number of amides is 4. The van der Waals surface area contributed by atoms with Crippen LogP contribution in [0.1, 0.15) is 12.8 Å². The van der Waals surface area contributed by atoms with Crippen LogP contribution < -0.4 is 16.4 Å². The van der Waals surface area contributed by atoms with Gasteiger partial charge in [-0.3, -0.25) is 14.9 Å². The van der Waals surface area contributed by atoms with E-state index in [1.807, 2.05) is 5.32 Å². The third-order valence-electron chi connectivity index (χ3n) is 1.45. The van der Waals surface area contributed by atoms with E-state index < -0.39 is 24.0 Å². The summed E-state index contributed by atoms with van der Waals surface area (Å²) in [7, 11) is 0. The molecule has 9 heteroatoms. The van der Waals surface area contributed by atoms with Gasteiger partial charge in [0.05, 0.1) is 13.0 Å². The number of nitrogens with one attached hydrogen (secondary N) is 2. The number of carboxylic acid groups (broad SMARTS) is 1. The molecule has 96 valence electrons. The summed E-state index contributed by atoms with van der Waals surface area (Å²) in [5, 5.41) is 12.4. The lowest BCUT2D eigenvalue weighted by Gasteiger charge is -2.05. The topological polar surface area (TPSA) is 148 Å². The number of rotatable bonds is 6. The summed E-state index contributed by atoms with van der Waals surface area (Å²) in [6.07, 6.45) is -1.62. The SMILES string of the molecule is NC(=O)OCCNC(=O)NC(=O)CCC(=O)O. The number of hydrogen-bond donors (Lipinski definition) is 4. The first kappa shape index (κ1) is 14.7. The van der Waals surface area contributed by atoms with E-state index in [1.54, 1.807) is 0 Å². The summed E-state index contributed by atoms with van der Waals surface area (Å²) in [5.74, 6) is -1.84. The first-order valence-electron chi connectivity index (χ1n) is 4.63. The van der Waals surface area contributed by atoms with E-state index in [-0.39, 0.29) is 26.0 Å². The lowest BCUT2D eigenvalue weighted by Crippen LogP contribution is -2.41. The third-order valence-corrected chi connectivity index (χ3v) is 1.45. The molecule has 0 aromatic heterocycles. The number of imide groups is 1. The van der Waals surface area contributed by atoms with E-state index in [4.69, 9.17) is 5.11 Å². The van der Waals surface area contributed by atoms with Crippen LogP contribution in [0.25, 0.3) is 0 Å². The molecule has 17 heavy (non-hydrogen) atoms. The second kappa shape index (κ2) is 7.91. The highest BCUT2D eigenvalue weighted by molar-refractivity contribution is 5.95. The van der Waals surface area contributed by atoms with Gasteiger partial charge in [-0.15, -0.1) is 0 Å². The Morgan fingerprint density at radius 2 is 1.82 bits per heavy atom. The van der Waals surface area contributed by atoms with E-state index in [2.05, 4.69) is 15.8 Å². The molecule has 0 aromatic carbocycles. The van der Waals surface area contributed by atoms with Crippen LogP contribution in [0.5, 0.6) is 0 Å². The zero-order valence-electron chi connectivity index (χ0n) is 8.89. The van der Waals surface area contributed by atoms with Gasteiger partial charge < -0.3 is 20.9 Å². The average Bonchev–Trinajstić information content (AvgIpc) is 2.21. The molecule has 4 amide bonds. The number of ether oxygens (including phenoxy) is 1. The van der Waals surface area contributed by atoms with Crippen LogP contribution in [0.15, 0.2) is 0 Å². The molecular weight excluding hydrogens is 234 g/mol. The molecule has 0 heterocycles. The molecule has 0 atom stereocenters. The second-order valence-corrected chi connectivity index (χ2v) is 2.87. The summed E-state index contributed by atoms with van der Waals surface area (Å²) in [5.41, 5.74) is 4.66. The zero-order valence-corrected chi connectivity index (χ0v) is 8.89. The van der Waals surface area contributed by atoms with Crippen LogP contribution in [0.3, 0.4) is 0 Å². The van der Waals surface area contributed by atoms with Crippen molar-refractivity contribution in [2.75, 3.05) is 13.2 Å². The summed E-state index contributed by atoms with van der Waals surface area (Å²) in [6, 6.07) is -0.798. The van der Waals surface area contributed by atoms with Gasteiger partial charge in [-0.2, -0.15) is 0 Å². The van der Waals surface area contributed by atoms with E-state index in [9.17, 15) is 19.2 Å². The Hall–Kier alpha value is -2.32. The number of carboxylic acids is 1. The molecule has 9 nitrogen and oxygen atoms in total. The van der Waals surface area contributed by atoms with E-state index in [1.165, 1.54) is 0 Å². The van der Waals surface area contributed by atoms with E-state index in [0.29, 0.717) is 0 Å². The smallest absolute Gasteiger partial charge is 0.404 e. The number of primary amides is 1. The van der Waals surface area contributed by atoms with Gasteiger partial charge in [0.1, 0.15) is 6.61 Å². The Kier molecular flexibility index (Phi) is 6.83. The van der Waals surface area contributed by atoms with Crippen LogP contribution in [0.4, 0.5) is 9.59 Å². The van der Waals surface area contributed by atoms with Crippen molar-refractivity contribution >= 4 is 24.0 Å². The first-order valence-corrected chi connectivity index (χ1v) is 4.63. The van der Waals surface area contributed by atoms with Crippen molar-refractivity contribution in [2.45, 2.75) is 12.8 Å². The quantitative estimate of drug-likeness (QED) is 0.432. The fourth-order valence-corrected chi connectivity index (χ4v) is 0.770. The van der Waals surface area contributed by atoms with Crippen LogP contribution >= 0.6 is 0 Å². The zero-order chi connectivity index (χ0) is 13.3. The van der Waals surface area contributed by atoms with Crippen LogP contribution in [-0.4, -0.2) is 42.3 Å². The predicted octanol–water partition coefficient (Wildman–Crippen LogP) is -1.23. The highest BCUT2D eigenvalue weighted by atomic mass is 16.5. The van der Waals surface area contributed by atoms with Crippen molar-refractivity contribution in [2.24, 2.45) is 5.73 Å². The molecule has 5 N–H and O–H groups in total. The molecule has 0 radical (unpaired) electrons. The van der Waals surface area contributed by atoms with Crippen molar-refractivity contribution in [3.63, 3.8) is 0 Å². The van der Waals surface area contributed by atoms with Crippen molar-refractivity contribution in [1.82, 2.24) is 10.6 Å². The summed E-state index contributed by atoms with van der Waals surface area (Å²) < 4.78 is 4.31. The standard InChI is InChI=1S/C8H13N3O6/c9-7(15)17-4-3-10-8(16)11-5(12)1-2-6(13)14/h1-4H2,(H2,9,15)(H,13,14)(H2,10,11,12,16). The molecule has 0 saturated carbocycles. The van der Waals surface area contributed by atoms with Crippen LogP contribution in [-0.2, 0) is 14.3 Å². The summed E-state index contributed by atoms with van der Waals surface area (Å²) >= 11 is 0. The van der Waals surface area contributed by atoms with Gasteiger partial charge in [-0.05, 0) is 0 Å². The van der Waals surface area contributed by atoms with E-state index in [0.717, 1.165) is 0 Å². The Morgan fingerprint density at radius 3 is 2.35 bits per heavy atom. The minimum atomic E-state index is -1.13. The van der Waals surface area contributed by atoms with Gasteiger partial charge in [0.2, 0.25) is 5.91 Å². The molecule has 0 aliphatic heterocycles. The number of carbonyl (C=O) groups excluding carboxylic acids is 3. The van der Waals surface area contributed by atoms with Crippen molar-refractivity contribution < 1.29 is 29.0 Å². The van der Waals surface area contributed by atoms with Crippen LogP contribution in [0.2, 0.25) is 0 Å². The highest BCUT2D eigenvalue weighted by Crippen LogP contribution is 1.87. The Bertz CT molecular complexity index is 316. The van der Waals surface area contributed by atoms with Crippen molar-refractivity contribution in [3.05, 3.63) is 0 Å². The fourth-order valence-electron chi connectivity index (χ4n) is 0.770. The van der Waals surface area contributed by atoms with Gasteiger partial charge in [0, 0.05) is 6.42 Å². The van der Waals surface area contributed by atoms with Crippen molar-refractivity contribution in [3.8, 4) is 0 Å². The molecule has 0 saturated heterocycles. The summed E-state index contributed by atoms with van der Waals surface area (Å²) in [4.78, 5) is 42.2. The Labute approximate surface area is 96.3 Å². The molecule has 0 bridgehead atoms. The normalized spacial score (nSPS) is 9.18. The van der Waals surface area contributed by atoms with Gasteiger partial charge in [0.25, 0.3) is 0 Å². The van der Waals surface area contributed by atoms with E-state index >= 15 is 0 Å². The molecule has 0 unspecified atom stereocenters. The molecule has 0 aliphatic carbocycles. The molecular formula is C8H13N3O6. The summed E-state index contributed by atoms with van der Waals surface area (Å²) in [6.45, 7) is -0.132. The maximum absolute atomic E-state index is 11.0. The van der Waals surface area contributed by atoms with Crippen molar-refractivity contribution in [1.29, 1.82) is 0 Å². The lowest BCUT2D eigenvalue weighted by molar-refractivity contribution is -0.138. The number of nitrogens with two attached hydrogens (primary N) is 1. The first-order chi connectivity index (χ1) is 7.91. The number of aliphatic carboxylic acids is 1. The minimum absolute atomic E-state index is 0.0129. The highest BCUT2D eigenvalue weighted by Gasteiger charge is 2.08. The molecule has 0 aromatic rings. The minimum Gasteiger partial charge on any atom is -0.481 e. The number of carbonyl (C=O) groups is 4. The number of urea groups is 1. The van der Waals surface area contributed by atoms with Gasteiger partial charge in [-0.25, -0.2) is 9.59 Å². The number of hydrogen-bond acceptors (Lipinski definition) is 5. The maximum atomic E-state index is 11.0. The fraction of sp³-hybridized carbons (Fsp3) is 0.500. The molecule has 0 fully saturated rings.